The van der Waals surface area contributed by atoms with Crippen LogP contribution in [0.5, 0.6) is 0 Å². The van der Waals surface area contributed by atoms with Gasteiger partial charge in [-0.1, -0.05) is 0 Å². The summed E-state index contributed by atoms with van der Waals surface area (Å²) < 4.78 is 16.8. The van der Waals surface area contributed by atoms with Crippen LogP contribution in [0.2, 0.25) is 12.6 Å². The predicted octanol–water partition coefficient (Wildman–Crippen LogP) is 6.37. The molecule has 0 atom stereocenters. The van der Waals surface area contributed by atoms with Crippen LogP contribution < -0.4 is 0 Å². The van der Waals surface area contributed by atoms with Crippen LogP contribution in [0.15, 0.2) is 0 Å². The summed E-state index contributed by atoms with van der Waals surface area (Å²) in [5.41, 5.74) is 0. The first-order valence-corrected chi connectivity index (χ1v) is 14.3. The van der Waals surface area contributed by atoms with Gasteiger partial charge in [0.2, 0.25) is 0 Å². The van der Waals surface area contributed by atoms with Gasteiger partial charge in [0.1, 0.15) is 0 Å². The second kappa shape index (κ2) is 4.36. The molecule has 2 heteroatoms. The van der Waals surface area contributed by atoms with Gasteiger partial charge in [-0.3, -0.25) is 0 Å². The van der Waals surface area contributed by atoms with E-state index >= 15 is 3.74 Å². The molecule has 0 saturated heterocycles. The Morgan fingerprint density at radius 3 is 0.957 bits per heavy atom. The van der Waals surface area contributed by atoms with Gasteiger partial charge in [0.05, 0.1) is 0 Å². The molecule has 6 aliphatic rings. The molecule has 0 aromatic carbocycles. The minimum atomic E-state index is -3.00. The third-order valence-electron chi connectivity index (χ3n) is 10.1. The van der Waals surface area contributed by atoms with Crippen molar-refractivity contribution >= 4 is 13.5 Å². The molecule has 0 heterocycles. The summed E-state index contributed by atoms with van der Waals surface area (Å²) in [6, 6.07) is 0. The van der Waals surface area contributed by atoms with Crippen LogP contribution in [-0.2, 0) is 3.74 Å². The van der Waals surface area contributed by atoms with Crippen molar-refractivity contribution in [2.45, 2.75) is 109 Å². The Morgan fingerprint density at radius 2 is 0.783 bits per heavy atom. The van der Waals surface area contributed by atoms with E-state index in [0.29, 0.717) is 12.6 Å². The summed E-state index contributed by atoms with van der Waals surface area (Å²) in [5, 5.41) is 0. The molecule has 0 aromatic heterocycles. The van der Waals surface area contributed by atoms with E-state index in [1.807, 2.05) is 0 Å². The number of hydrogen-bond donors (Lipinski definition) is 0. The maximum atomic E-state index is 15.6. The first kappa shape index (κ1) is 14.5. The van der Waals surface area contributed by atoms with Crippen LogP contribution >= 0.6 is 0 Å². The number of rotatable bonds is 3. The Labute approximate surface area is 144 Å². The molecule has 0 aromatic rings. The summed E-state index contributed by atoms with van der Waals surface area (Å²) in [6.45, 7) is 0. The van der Waals surface area contributed by atoms with Crippen LogP contribution in [-0.4, -0.2) is 13.5 Å². The van der Waals surface area contributed by atoms with Crippen molar-refractivity contribution in [3.05, 3.63) is 0 Å². The van der Waals surface area contributed by atoms with E-state index in [0.717, 1.165) is 17.8 Å². The van der Waals surface area contributed by atoms with E-state index in [1.54, 1.807) is 0 Å². The van der Waals surface area contributed by atoms with Crippen molar-refractivity contribution in [3.63, 3.8) is 0 Å². The third kappa shape index (κ3) is 1.51. The first-order valence-electron chi connectivity index (χ1n) is 10.7. The van der Waals surface area contributed by atoms with Gasteiger partial charge in [-0.2, -0.15) is 0 Å². The Morgan fingerprint density at radius 1 is 0.522 bits per heavy atom. The molecular weight excluding hydrogens is 343 g/mol. The molecule has 1 nitrogen and oxygen atoms in total. The molecule has 23 heavy (non-hydrogen) atoms. The fraction of sp³-hybridized carbons (Fsp3) is 1.00. The van der Waals surface area contributed by atoms with E-state index in [2.05, 4.69) is 0 Å². The Bertz CT molecular complexity index is 488. The molecule has 6 bridgehead atoms. The molecule has 0 radical (unpaired) electrons. The van der Waals surface area contributed by atoms with Crippen LogP contribution in [0.4, 0.5) is 0 Å². The Balaban J connectivity index is 1.55. The monoisotopic (exact) mass is 376 g/mol. The topological polar surface area (TPSA) is 17.1 Å². The summed E-state index contributed by atoms with van der Waals surface area (Å²) in [6.07, 6.45) is 21.1. The molecule has 0 amide bonds. The van der Waals surface area contributed by atoms with E-state index in [9.17, 15) is 0 Å². The molecule has 0 N–H and O–H groups in total. The van der Waals surface area contributed by atoms with Gasteiger partial charge in [0, 0.05) is 0 Å². The quantitative estimate of drug-likeness (QED) is 0.524. The van der Waals surface area contributed by atoms with Crippen molar-refractivity contribution in [2.75, 3.05) is 0 Å². The summed E-state index contributed by atoms with van der Waals surface area (Å²) in [7, 11) is 0. The van der Waals surface area contributed by atoms with E-state index in [-0.39, 0.29) is 0 Å². The van der Waals surface area contributed by atoms with Gasteiger partial charge in [0.15, 0.2) is 0 Å². The van der Waals surface area contributed by atoms with Crippen LogP contribution in [0, 0.1) is 17.8 Å². The molecule has 6 aliphatic carbocycles. The first-order chi connectivity index (χ1) is 11.1. The van der Waals surface area contributed by atoms with Crippen molar-refractivity contribution in [1.29, 1.82) is 0 Å². The zero-order valence-corrected chi connectivity index (χ0v) is 16.6. The second-order valence-electron chi connectivity index (χ2n) is 10.7. The van der Waals surface area contributed by atoms with Crippen molar-refractivity contribution < 1.29 is 3.74 Å². The second-order valence-corrected chi connectivity index (χ2v) is 19.3. The van der Waals surface area contributed by atoms with E-state index in [4.69, 9.17) is 0 Å². The van der Waals surface area contributed by atoms with Crippen molar-refractivity contribution in [1.82, 2.24) is 0 Å². The molecule has 6 rings (SSSR count). The standard InChI is InChI=1S/C21H33AsO/c23-22(19-7-1-16(13-19)2-8-19,20-9-3-17(14-20)4-10-20)21-11-5-18(15-21)6-12-21/h16-18H,1-15H2. The van der Waals surface area contributed by atoms with Crippen molar-refractivity contribution in [2.24, 2.45) is 17.8 Å². The maximum absolute atomic E-state index is 15.6. The molecule has 6 fully saturated rings. The van der Waals surface area contributed by atoms with Gasteiger partial charge >= 0.3 is 144 Å². The van der Waals surface area contributed by atoms with Crippen LogP contribution in [0.3, 0.4) is 0 Å². The summed E-state index contributed by atoms with van der Waals surface area (Å²) in [4.78, 5) is 0. The molecule has 0 unspecified atom stereocenters. The van der Waals surface area contributed by atoms with Gasteiger partial charge in [-0.25, -0.2) is 0 Å². The van der Waals surface area contributed by atoms with Gasteiger partial charge in [0.25, 0.3) is 0 Å². The number of hydrogen-bond acceptors (Lipinski definition) is 1. The van der Waals surface area contributed by atoms with Gasteiger partial charge in [-0.05, 0) is 0 Å². The normalized spacial score (nSPS) is 59.0. The fourth-order valence-electron chi connectivity index (χ4n) is 9.32. The van der Waals surface area contributed by atoms with Crippen molar-refractivity contribution in [3.8, 4) is 0 Å². The molecule has 0 spiro atoms. The Hall–Kier alpha value is 0.358. The SMILES string of the molecule is O=[As](C12CCC(CC1)C2)(C12CCC(CC1)C2)C12CCC(CC1)C2. The molecule has 0 aliphatic heterocycles. The van der Waals surface area contributed by atoms with E-state index < -0.39 is 13.5 Å². The van der Waals surface area contributed by atoms with Gasteiger partial charge in [-0.15, -0.1) is 0 Å². The number of fused-ring (bicyclic) bond motifs is 6. The average molecular weight is 376 g/mol. The fourth-order valence-corrected chi connectivity index (χ4v) is 24.5. The van der Waals surface area contributed by atoms with E-state index in [1.165, 1.54) is 96.3 Å². The summed E-state index contributed by atoms with van der Waals surface area (Å²) in [5.74, 6) is 2.90. The third-order valence-corrected chi connectivity index (χ3v) is 22.5. The van der Waals surface area contributed by atoms with Crippen LogP contribution in [0.1, 0.15) is 96.3 Å². The van der Waals surface area contributed by atoms with Gasteiger partial charge < -0.3 is 0 Å². The zero-order chi connectivity index (χ0) is 15.3. The molecular formula is C21H33AsO. The summed E-state index contributed by atoms with van der Waals surface area (Å²) >= 11 is -3.00. The average Bonchev–Trinajstić information content (AvgIpc) is 3.43. The molecule has 128 valence electrons. The predicted molar refractivity (Wildman–Crippen MR) is 94.2 cm³/mol. The minimum absolute atomic E-state index is 0.390. The van der Waals surface area contributed by atoms with Crippen LogP contribution in [0.25, 0.3) is 0 Å². The Kier molecular flexibility index (Phi) is 2.75. The zero-order valence-electron chi connectivity index (χ0n) is 14.7. The molecule has 6 saturated carbocycles.